The molecule has 1 aromatic heterocycles. The lowest BCUT2D eigenvalue weighted by molar-refractivity contribution is -0.384. The van der Waals surface area contributed by atoms with Gasteiger partial charge in [0.15, 0.2) is 0 Å². The second-order valence-electron chi connectivity index (χ2n) is 6.24. The molecule has 0 radical (unpaired) electrons. The zero-order chi connectivity index (χ0) is 19.4. The number of anilines is 1. The highest BCUT2D eigenvalue weighted by Gasteiger charge is 2.25. The molecule has 1 unspecified atom stereocenters. The lowest BCUT2D eigenvalue weighted by Crippen LogP contribution is -2.20. The van der Waals surface area contributed by atoms with Crippen molar-refractivity contribution in [2.24, 2.45) is 5.92 Å². The summed E-state index contributed by atoms with van der Waals surface area (Å²) in [5.74, 6) is 0.0160. The summed E-state index contributed by atoms with van der Waals surface area (Å²) in [7, 11) is 0. The smallest absolute Gasteiger partial charge is 0.309 e. The zero-order valence-electron chi connectivity index (χ0n) is 14.9. The maximum Gasteiger partial charge on any atom is 0.309 e. The summed E-state index contributed by atoms with van der Waals surface area (Å²) in [6.45, 7) is 2.16. The first kappa shape index (κ1) is 18.5. The van der Waals surface area contributed by atoms with Crippen molar-refractivity contribution in [1.82, 2.24) is 9.97 Å². The standard InChI is InChI=1S/C19H20N4O4/c1-2-27-19(24)14-5-3-12(4-6-14)16-17(21-11-22-18(16)20)13-7-9-15(10-8-13)23(25)26/h3,7-11,14H,2,4-6H2,1H3,(H2,20,21,22). The summed E-state index contributed by atoms with van der Waals surface area (Å²) in [5.41, 5.74) is 9.16. The Morgan fingerprint density at radius 3 is 2.67 bits per heavy atom. The number of nitro benzene ring substituents is 1. The Morgan fingerprint density at radius 1 is 1.33 bits per heavy atom. The van der Waals surface area contributed by atoms with Gasteiger partial charge in [0.2, 0.25) is 0 Å². The maximum absolute atomic E-state index is 11.9. The van der Waals surface area contributed by atoms with E-state index in [1.807, 2.05) is 6.08 Å². The van der Waals surface area contributed by atoms with E-state index >= 15 is 0 Å². The Bertz CT molecular complexity index is 893. The highest BCUT2D eigenvalue weighted by Crippen LogP contribution is 2.37. The summed E-state index contributed by atoms with van der Waals surface area (Å²) in [6.07, 6.45) is 5.25. The van der Waals surface area contributed by atoms with Gasteiger partial charge >= 0.3 is 5.97 Å². The van der Waals surface area contributed by atoms with Crippen molar-refractivity contribution >= 4 is 23.0 Å². The molecule has 1 atom stereocenters. The average Bonchev–Trinajstić information content (AvgIpc) is 2.68. The number of nitrogens with zero attached hydrogens (tertiary/aromatic N) is 3. The Labute approximate surface area is 156 Å². The molecule has 0 fully saturated rings. The normalized spacial score (nSPS) is 16.5. The number of esters is 1. The summed E-state index contributed by atoms with van der Waals surface area (Å²) in [6, 6.07) is 6.16. The SMILES string of the molecule is CCOC(=O)C1CC=C(c2c(N)ncnc2-c2ccc([N+](=O)[O-])cc2)CC1. The highest BCUT2D eigenvalue weighted by atomic mass is 16.6. The Kier molecular flexibility index (Phi) is 5.44. The number of carbonyl (C=O) groups is 1. The van der Waals surface area contributed by atoms with E-state index in [1.54, 1.807) is 19.1 Å². The summed E-state index contributed by atoms with van der Waals surface area (Å²) >= 11 is 0. The second kappa shape index (κ2) is 7.94. The molecule has 0 saturated carbocycles. The van der Waals surface area contributed by atoms with E-state index in [0.29, 0.717) is 42.9 Å². The van der Waals surface area contributed by atoms with E-state index in [9.17, 15) is 14.9 Å². The summed E-state index contributed by atoms with van der Waals surface area (Å²) < 4.78 is 5.10. The van der Waals surface area contributed by atoms with Crippen LogP contribution in [0.25, 0.3) is 16.8 Å². The molecule has 1 aliphatic carbocycles. The predicted molar refractivity (Wildman–Crippen MR) is 100 cm³/mol. The van der Waals surface area contributed by atoms with Gasteiger partial charge in [0.25, 0.3) is 5.69 Å². The molecule has 1 aliphatic rings. The number of ether oxygens (including phenoxy) is 1. The van der Waals surface area contributed by atoms with Crippen LogP contribution in [-0.4, -0.2) is 27.5 Å². The van der Waals surface area contributed by atoms with Crippen molar-refractivity contribution in [2.75, 3.05) is 12.3 Å². The van der Waals surface area contributed by atoms with E-state index in [1.165, 1.54) is 18.5 Å². The van der Waals surface area contributed by atoms with Crippen LogP contribution in [0.5, 0.6) is 0 Å². The van der Waals surface area contributed by atoms with Gasteiger partial charge in [-0.3, -0.25) is 14.9 Å². The van der Waals surface area contributed by atoms with Crippen LogP contribution in [0.15, 0.2) is 36.7 Å². The first-order valence-electron chi connectivity index (χ1n) is 8.72. The molecular formula is C19H20N4O4. The molecule has 140 valence electrons. The number of non-ortho nitro benzene ring substituents is 1. The average molecular weight is 368 g/mol. The van der Waals surface area contributed by atoms with Crippen LogP contribution >= 0.6 is 0 Å². The number of hydrogen-bond acceptors (Lipinski definition) is 7. The van der Waals surface area contributed by atoms with Crippen molar-refractivity contribution in [2.45, 2.75) is 26.2 Å². The van der Waals surface area contributed by atoms with Gasteiger partial charge < -0.3 is 10.5 Å². The molecule has 1 heterocycles. The zero-order valence-corrected chi connectivity index (χ0v) is 14.9. The van der Waals surface area contributed by atoms with Gasteiger partial charge in [-0.25, -0.2) is 9.97 Å². The van der Waals surface area contributed by atoms with Crippen molar-refractivity contribution in [1.29, 1.82) is 0 Å². The number of nitrogen functional groups attached to an aromatic ring is 1. The van der Waals surface area contributed by atoms with Crippen LogP contribution in [0.3, 0.4) is 0 Å². The van der Waals surface area contributed by atoms with Crippen LogP contribution < -0.4 is 5.73 Å². The molecule has 27 heavy (non-hydrogen) atoms. The number of allylic oxidation sites excluding steroid dienone is 2. The Hall–Kier alpha value is -3.29. The molecule has 3 rings (SSSR count). The van der Waals surface area contributed by atoms with E-state index in [2.05, 4.69) is 9.97 Å². The molecular weight excluding hydrogens is 348 g/mol. The van der Waals surface area contributed by atoms with Crippen LogP contribution in [-0.2, 0) is 9.53 Å². The molecule has 8 heteroatoms. The van der Waals surface area contributed by atoms with Crippen molar-refractivity contribution in [3.05, 3.63) is 52.3 Å². The fraction of sp³-hybridized carbons (Fsp3) is 0.316. The Morgan fingerprint density at radius 2 is 2.07 bits per heavy atom. The third kappa shape index (κ3) is 3.94. The first-order chi connectivity index (χ1) is 13.0. The van der Waals surface area contributed by atoms with Crippen molar-refractivity contribution < 1.29 is 14.5 Å². The number of nitrogens with two attached hydrogens (primary N) is 1. The van der Waals surface area contributed by atoms with Gasteiger partial charge in [-0.2, -0.15) is 0 Å². The Balaban J connectivity index is 1.93. The number of benzene rings is 1. The van der Waals surface area contributed by atoms with Gasteiger partial charge in [0.1, 0.15) is 12.1 Å². The van der Waals surface area contributed by atoms with E-state index in [4.69, 9.17) is 10.5 Å². The van der Waals surface area contributed by atoms with E-state index in [-0.39, 0.29) is 17.6 Å². The molecule has 0 spiro atoms. The van der Waals surface area contributed by atoms with Crippen LogP contribution in [0.2, 0.25) is 0 Å². The number of hydrogen-bond donors (Lipinski definition) is 1. The number of nitro groups is 1. The lowest BCUT2D eigenvalue weighted by Gasteiger charge is -2.22. The molecule has 2 aromatic rings. The molecule has 2 N–H and O–H groups in total. The monoisotopic (exact) mass is 368 g/mol. The number of aromatic nitrogens is 2. The number of carbonyl (C=O) groups excluding carboxylic acids is 1. The van der Waals surface area contributed by atoms with Gasteiger partial charge in [0.05, 0.1) is 23.1 Å². The minimum atomic E-state index is -0.446. The third-order valence-electron chi connectivity index (χ3n) is 4.58. The lowest BCUT2D eigenvalue weighted by atomic mass is 9.85. The minimum Gasteiger partial charge on any atom is -0.466 e. The van der Waals surface area contributed by atoms with Gasteiger partial charge in [0, 0.05) is 23.3 Å². The fourth-order valence-corrected chi connectivity index (χ4v) is 3.21. The van der Waals surface area contributed by atoms with Crippen molar-refractivity contribution in [3.63, 3.8) is 0 Å². The first-order valence-corrected chi connectivity index (χ1v) is 8.72. The molecule has 0 saturated heterocycles. The largest absolute Gasteiger partial charge is 0.466 e. The third-order valence-corrected chi connectivity index (χ3v) is 4.58. The number of rotatable bonds is 5. The maximum atomic E-state index is 11.9. The van der Waals surface area contributed by atoms with Crippen LogP contribution in [0, 0.1) is 16.0 Å². The van der Waals surface area contributed by atoms with Gasteiger partial charge in [-0.1, -0.05) is 6.08 Å². The van der Waals surface area contributed by atoms with Crippen LogP contribution in [0.4, 0.5) is 11.5 Å². The van der Waals surface area contributed by atoms with Gasteiger partial charge in [-0.05, 0) is 43.9 Å². The quantitative estimate of drug-likeness (QED) is 0.488. The van der Waals surface area contributed by atoms with E-state index < -0.39 is 4.92 Å². The summed E-state index contributed by atoms with van der Waals surface area (Å²) in [4.78, 5) is 30.8. The molecule has 0 bridgehead atoms. The molecule has 1 aromatic carbocycles. The fourth-order valence-electron chi connectivity index (χ4n) is 3.21. The molecule has 0 amide bonds. The van der Waals surface area contributed by atoms with E-state index in [0.717, 1.165) is 11.1 Å². The minimum absolute atomic E-state index is 0.0106. The topological polar surface area (TPSA) is 121 Å². The summed E-state index contributed by atoms with van der Waals surface area (Å²) in [5, 5.41) is 10.9. The highest BCUT2D eigenvalue weighted by molar-refractivity contribution is 5.85. The van der Waals surface area contributed by atoms with Crippen molar-refractivity contribution in [3.8, 4) is 11.3 Å². The predicted octanol–water partition coefficient (Wildman–Crippen LogP) is 3.38. The van der Waals surface area contributed by atoms with Gasteiger partial charge in [-0.15, -0.1) is 0 Å². The van der Waals surface area contributed by atoms with Crippen LogP contribution in [0.1, 0.15) is 31.7 Å². The molecule has 0 aliphatic heterocycles. The molecule has 8 nitrogen and oxygen atoms in total. The second-order valence-corrected chi connectivity index (χ2v) is 6.24.